The zero-order valence-corrected chi connectivity index (χ0v) is 16.0. The van der Waals surface area contributed by atoms with Crippen LogP contribution in [0.5, 0.6) is 0 Å². The molecule has 6 heteroatoms. The van der Waals surface area contributed by atoms with E-state index in [1.54, 1.807) is 30.9 Å². The van der Waals surface area contributed by atoms with Crippen LogP contribution in [0.25, 0.3) is 10.9 Å². The second-order valence-electron chi connectivity index (χ2n) is 6.94. The molecule has 2 aromatic rings. The van der Waals surface area contributed by atoms with E-state index in [1.807, 2.05) is 27.7 Å². The first-order valence-corrected chi connectivity index (χ1v) is 8.72. The Kier molecular flexibility index (Phi) is 5.95. The molecule has 140 valence electrons. The number of benzene rings is 1. The van der Waals surface area contributed by atoms with Gasteiger partial charge in [0.15, 0.2) is 6.10 Å². The zero-order chi connectivity index (χ0) is 19.6. The molecule has 0 bridgehead atoms. The Morgan fingerprint density at radius 3 is 2.27 bits per heavy atom. The molecule has 0 spiro atoms. The Bertz CT molecular complexity index is 825. The number of hydrogen-bond acceptors (Lipinski definition) is 4. The second-order valence-corrected chi connectivity index (χ2v) is 6.94. The van der Waals surface area contributed by atoms with Crippen molar-refractivity contribution in [2.24, 2.45) is 0 Å². The predicted molar refractivity (Wildman–Crippen MR) is 98.4 cm³/mol. The molecule has 0 aliphatic carbocycles. The van der Waals surface area contributed by atoms with Crippen molar-refractivity contribution in [2.45, 2.75) is 59.7 Å². The van der Waals surface area contributed by atoms with E-state index in [0.717, 1.165) is 0 Å². The van der Waals surface area contributed by atoms with E-state index in [2.05, 4.69) is 4.98 Å². The van der Waals surface area contributed by atoms with Crippen molar-refractivity contribution in [1.82, 2.24) is 9.88 Å². The Morgan fingerprint density at radius 2 is 1.69 bits per heavy atom. The van der Waals surface area contributed by atoms with E-state index < -0.39 is 12.1 Å². The highest BCUT2D eigenvalue weighted by Crippen LogP contribution is 2.19. The maximum Gasteiger partial charge on any atom is 0.340 e. The molecule has 1 unspecified atom stereocenters. The first-order valence-electron chi connectivity index (χ1n) is 8.72. The molecule has 0 fully saturated rings. The number of rotatable bonds is 5. The highest BCUT2D eigenvalue weighted by atomic mass is 19.1. The number of fused-ring (bicyclic) bond motifs is 1. The molecule has 0 saturated heterocycles. The third-order valence-electron chi connectivity index (χ3n) is 4.19. The number of pyridine rings is 1. The van der Waals surface area contributed by atoms with Crippen LogP contribution in [0.2, 0.25) is 0 Å². The van der Waals surface area contributed by atoms with Gasteiger partial charge in [0.25, 0.3) is 5.91 Å². The Labute approximate surface area is 153 Å². The molecule has 0 N–H and O–H groups in total. The van der Waals surface area contributed by atoms with E-state index in [4.69, 9.17) is 4.74 Å². The average molecular weight is 360 g/mol. The van der Waals surface area contributed by atoms with Gasteiger partial charge in [0, 0.05) is 23.5 Å². The van der Waals surface area contributed by atoms with Gasteiger partial charge in [0.1, 0.15) is 5.82 Å². The first-order chi connectivity index (χ1) is 12.1. The maximum absolute atomic E-state index is 13.3. The first kappa shape index (κ1) is 19.8. The molecule has 0 aliphatic heterocycles. The molecule has 1 atom stereocenters. The van der Waals surface area contributed by atoms with Gasteiger partial charge >= 0.3 is 5.97 Å². The fourth-order valence-corrected chi connectivity index (χ4v) is 3.03. The summed E-state index contributed by atoms with van der Waals surface area (Å²) in [6, 6.07) is 5.79. The van der Waals surface area contributed by atoms with Crippen molar-refractivity contribution < 1.29 is 18.7 Å². The van der Waals surface area contributed by atoms with Gasteiger partial charge in [-0.25, -0.2) is 9.18 Å². The van der Waals surface area contributed by atoms with Crippen LogP contribution in [-0.4, -0.2) is 39.9 Å². The van der Waals surface area contributed by atoms with Crippen molar-refractivity contribution in [3.63, 3.8) is 0 Å². The van der Waals surface area contributed by atoms with Crippen LogP contribution >= 0.6 is 0 Å². The molecule has 1 amide bonds. The summed E-state index contributed by atoms with van der Waals surface area (Å²) in [6.07, 6.45) is -0.907. The van der Waals surface area contributed by atoms with Gasteiger partial charge in [-0.05, 0) is 59.7 Å². The minimum atomic E-state index is -0.907. The normalized spacial score (nSPS) is 12.5. The SMILES string of the molecule is Cc1nc2cc(F)ccc2cc1C(=O)OC(C)C(=O)N(C(C)C)C(C)C. The maximum atomic E-state index is 13.3. The van der Waals surface area contributed by atoms with Crippen LogP contribution in [0.4, 0.5) is 4.39 Å². The van der Waals surface area contributed by atoms with E-state index in [0.29, 0.717) is 16.6 Å². The molecule has 1 aromatic carbocycles. The predicted octanol–water partition coefficient (Wildman–Crippen LogP) is 3.87. The van der Waals surface area contributed by atoms with E-state index in [1.165, 1.54) is 12.1 Å². The summed E-state index contributed by atoms with van der Waals surface area (Å²) in [7, 11) is 0. The van der Waals surface area contributed by atoms with Crippen LogP contribution in [0.15, 0.2) is 24.3 Å². The van der Waals surface area contributed by atoms with Crippen LogP contribution in [0.3, 0.4) is 0 Å². The number of halogens is 1. The number of carbonyl (C=O) groups is 2. The molecule has 1 heterocycles. The van der Waals surface area contributed by atoms with Crippen LogP contribution in [0.1, 0.15) is 50.7 Å². The molecule has 2 rings (SSSR count). The van der Waals surface area contributed by atoms with Crippen molar-refractivity contribution >= 4 is 22.8 Å². The highest BCUT2D eigenvalue weighted by Gasteiger charge is 2.28. The minimum absolute atomic E-state index is 0.00243. The third-order valence-corrected chi connectivity index (χ3v) is 4.19. The van der Waals surface area contributed by atoms with Crippen molar-refractivity contribution in [3.8, 4) is 0 Å². The number of amides is 1. The molecule has 5 nitrogen and oxygen atoms in total. The minimum Gasteiger partial charge on any atom is -0.449 e. The number of ether oxygens (including phenoxy) is 1. The van der Waals surface area contributed by atoms with Crippen molar-refractivity contribution in [2.75, 3.05) is 0 Å². The average Bonchev–Trinajstić information content (AvgIpc) is 2.53. The van der Waals surface area contributed by atoms with Crippen LogP contribution in [0, 0.1) is 12.7 Å². The summed E-state index contributed by atoms with van der Waals surface area (Å²) < 4.78 is 18.7. The summed E-state index contributed by atoms with van der Waals surface area (Å²) in [5.41, 5.74) is 1.16. The summed E-state index contributed by atoms with van der Waals surface area (Å²) in [5, 5.41) is 0.633. The highest BCUT2D eigenvalue weighted by molar-refractivity contribution is 5.96. The van der Waals surface area contributed by atoms with Gasteiger partial charge in [-0.1, -0.05) is 0 Å². The fourth-order valence-electron chi connectivity index (χ4n) is 3.03. The molecule has 0 radical (unpaired) electrons. The molecule has 1 aromatic heterocycles. The van der Waals surface area contributed by atoms with Gasteiger partial charge < -0.3 is 9.64 Å². The number of aryl methyl sites for hydroxylation is 1. The Balaban J connectivity index is 2.24. The summed E-state index contributed by atoms with van der Waals surface area (Å²) in [6.45, 7) is 10.9. The van der Waals surface area contributed by atoms with E-state index in [9.17, 15) is 14.0 Å². The zero-order valence-electron chi connectivity index (χ0n) is 16.0. The summed E-state index contributed by atoms with van der Waals surface area (Å²) >= 11 is 0. The lowest BCUT2D eigenvalue weighted by atomic mass is 10.1. The van der Waals surface area contributed by atoms with Gasteiger partial charge in [-0.2, -0.15) is 0 Å². The number of esters is 1. The largest absolute Gasteiger partial charge is 0.449 e. The molecule has 26 heavy (non-hydrogen) atoms. The van der Waals surface area contributed by atoms with Gasteiger partial charge in [0.2, 0.25) is 0 Å². The lowest BCUT2D eigenvalue weighted by Crippen LogP contribution is -2.47. The molecular formula is C20H25FN2O3. The fraction of sp³-hybridized carbons (Fsp3) is 0.450. The Morgan fingerprint density at radius 1 is 1.08 bits per heavy atom. The second kappa shape index (κ2) is 7.81. The molecule has 0 saturated carbocycles. The van der Waals surface area contributed by atoms with Gasteiger partial charge in [-0.15, -0.1) is 0 Å². The van der Waals surface area contributed by atoms with E-state index >= 15 is 0 Å². The number of aromatic nitrogens is 1. The van der Waals surface area contributed by atoms with Crippen molar-refractivity contribution in [3.05, 3.63) is 41.3 Å². The summed E-state index contributed by atoms with van der Waals surface area (Å²) in [4.78, 5) is 31.1. The molecular weight excluding hydrogens is 335 g/mol. The molecule has 0 aliphatic rings. The lowest BCUT2D eigenvalue weighted by Gasteiger charge is -2.32. The third kappa shape index (κ3) is 4.18. The van der Waals surface area contributed by atoms with Crippen LogP contribution < -0.4 is 0 Å². The topological polar surface area (TPSA) is 59.5 Å². The quantitative estimate of drug-likeness (QED) is 0.760. The smallest absolute Gasteiger partial charge is 0.340 e. The number of nitrogens with zero attached hydrogens (tertiary/aromatic N) is 2. The van der Waals surface area contributed by atoms with Crippen molar-refractivity contribution in [1.29, 1.82) is 0 Å². The standard InChI is InChI=1S/C20H25FN2O3/c1-11(2)23(12(3)4)19(24)14(6)26-20(25)17-9-15-7-8-16(21)10-18(15)22-13(17)5/h7-12,14H,1-6H3. The lowest BCUT2D eigenvalue weighted by molar-refractivity contribution is -0.143. The Hall–Kier alpha value is -2.50. The van der Waals surface area contributed by atoms with Crippen LogP contribution in [-0.2, 0) is 9.53 Å². The van der Waals surface area contributed by atoms with E-state index in [-0.39, 0.29) is 29.4 Å². The number of carbonyl (C=O) groups excluding carboxylic acids is 2. The number of hydrogen-bond donors (Lipinski definition) is 0. The van der Waals surface area contributed by atoms with Gasteiger partial charge in [0.05, 0.1) is 16.8 Å². The monoisotopic (exact) mass is 360 g/mol. The van der Waals surface area contributed by atoms with Gasteiger partial charge in [-0.3, -0.25) is 9.78 Å². The summed E-state index contributed by atoms with van der Waals surface area (Å²) in [5.74, 6) is -1.24.